The lowest BCUT2D eigenvalue weighted by Gasteiger charge is -2.35. The number of benzene rings is 1. The maximum Gasteiger partial charge on any atom is 0.270 e. The van der Waals surface area contributed by atoms with Crippen molar-refractivity contribution in [2.24, 2.45) is 11.7 Å². The molecule has 2 amide bonds. The molecule has 130 valence electrons. The van der Waals surface area contributed by atoms with Crippen LogP contribution in [0.5, 0.6) is 0 Å². The molecule has 8 heteroatoms. The molecule has 1 unspecified atom stereocenters. The Bertz CT molecular complexity index is 659. The number of anilines is 1. The summed E-state index contributed by atoms with van der Waals surface area (Å²) in [5.74, 6) is -0.816. The van der Waals surface area contributed by atoms with E-state index in [0.29, 0.717) is 18.8 Å². The Morgan fingerprint density at radius 2 is 2.12 bits per heavy atom. The fraction of sp³-hybridized carbons (Fsp3) is 0.500. The molecule has 1 aromatic rings. The Kier molecular flexibility index (Phi) is 5.38. The van der Waals surface area contributed by atoms with Crippen molar-refractivity contribution in [2.45, 2.75) is 32.7 Å². The minimum Gasteiger partial charge on any atom is -0.369 e. The van der Waals surface area contributed by atoms with Gasteiger partial charge in [-0.25, -0.2) is 0 Å². The van der Waals surface area contributed by atoms with Crippen LogP contribution in [-0.2, 0) is 4.79 Å². The summed E-state index contributed by atoms with van der Waals surface area (Å²) in [6.45, 7) is 4.90. The van der Waals surface area contributed by atoms with E-state index in [-0.39, 0.29) is 29.1 Å². The molecular formula is C16H22N4O4. The number of carbonyl (C=O) groups excluding carboxylic acids is 2. The first-order chi connectivity index (χ1) is 11.3. The Labute approximate surface area is 140 Å². The summed E-state index contributed by atoms with van der Waals surface area (Å²) in [5.41, 5.74) is 5.91. The first-order valence-electron chi connectivity index (χ1n) is 7.93. The Hall–Kier alpha value is -2.64. The normalized spacial score (nSPS) is 17.6. The summed E-state index contributed by atoms with van der Waals surface area (Å²) in [7, 11) is 0. The van der Waals surface area contributed by atoms with E-state index in [4.69, 9.17) is 5.73 Å². The molecule has 0 bridgehead atoms. The Balaban J connectivity index is 2.22. The summed E-state index contributed by atoms with van der Waals surface area (Å²) < 4.78 is 0. The maximum absolute atomic E-state index is 11.9. The molecular weight excluding hydrogens is 312 g/mol. The van der Waals surface area contributed by atoms with E-state index in [0.717, 1.165) is 12.8 Å². The van der Waals surface area contributed by atoms with Gasteiger partial charge in [0.15, 0.2) is 0 Å². The van der Waals surface area contributed by atoms with Gasteiger partial charge in [-0.1, -0.05) is 13.8 Å². The van der Waals surface area contributed by atoms with Crippen molar-refractivity contribution < 1.29 is 14.5 Å². The number of rotatable bonds is 5. The van der Waals surface area contributed by atoms with Crippen molar-refractivity contribution in [1.82, 2.24) is 5.32 Å². The highest BCUT2D eigenvalue weighted by atomic mass is 16.6. The number of primary amides is 1. The fourth-order valence-electron chi connectivity index (χ4n) is 2.79. The van der Waals surface area contributed by atoms with Gasteiger partial charge in [-0.15, -0.1) is 0 Å². The summed E-state index contributed by atoms with van der Waals surface area (Å²) in [5, 5.41) is 13.9. The van der Waals surface area contributed by atoms with Crippen LogP contribution < -0.4 is 16.0 Å². The Morgan fingerprint density at radius 1 is 1.42 bits per heavy atom. The zero-order chi connectivity index (χ0) is 17.9. The molecule has 0 aliphatic carbocycles. The average Bonchev–Trinajstić information content (AvgIpc) is 2.54. The smallest absolute Gasteiger partial charge is 0.270 e. The third-order valence-electron chi connectivity index (χ3n) is 4.09. The molecule has 0 aromatic heterocycles. The highest BCUT2D eigenvalue weighted by molar-refractivity contribution is 5.99. The molecule has 8 nitrogen and oxygen atoms in total. The number of carbonyl (C=O) groups is 2. The van der Waals surface area contributed by atoms with Gasteiger partial charge in [0.2, 0.25) is 5.91 Å². The van der Waals surface area contributed by atoms with Gasteiger partial charge in [0.25, 0.3) is 11.6 Å². The van der Waals surface area contributed by atoms with Gasteiger partial charge in [0.1, 0.15) is 0 Å². The molecule has 3 N–H and O–H groups in total. The van der Waals surface area contributed by atoms with Crippen molar-refractivity contribution in [1.29, 1.82) is 0 Å². The number of nitrogens with zero attached hydrogens (tertiary/aromatic N) is 2. The van der Waals surface area contributed by atoms with E-state index in [9.17, 15) is 19.7 Å². The van der Waals surface area contributed by atoms with E-state index in [1.165, 1.54) is 12.1 Å². The topological polar surface area (TPSA) is 119 Å². The lowest BCUT2D eigenvalue weighted by atomic mass is 10.0. The fourth-order valence-corrected chi connectivity index (χ4v) is 2.79. The maximum atomic E-state index is 11.9. The van der Waals surface area contributed by atoms with E-state index in [2.05, 4.69) is 5.32 Å². The molecule has 1 aliphatic rings. The van der Waals surface area contributed by atoms with Gasteiger partial charge in [-0.3, -0.25) is 19.7 Å². The van der Waals surface area contributed by atoms with E-state index in [1.807, 2.05) is 18.7 Å². The second kappa shape index (κ2) is 7.29. The van der Waals surface area contributed by atoms with Gasteiger partial charge in [0, 0.05) is 37.2 Å². The molecule has 1 saturated heterocycles. The molecule has 1 atom stereocenters. The zero-order valence-electron chi connectivity index (χ0n) is 13.8. The lowest BCUT2D eigenvalue weighted by Crippen LogP contribution is -2.49. The predicted molar refractivity (Wildman–Crippen MR) is 89.8 cm³/mol. The van der Waals surface area contributed by atoms with Gasteiger partial charge >= 0.3 is 0 Å². The number of hydrogen-bond donors (Lipinski definition) is 2. The summed E-state index contributed by atoms with van der Waals surface area (Å²) in [6.07, 6.45) is 1.70. The van der Waals surface area contributed by atoms with Gasteiger partial charge in [-0.05, 0) is 18.9 Å². The molecule has 1 heterocycles. The quantitative estimate of drug-likeness (QED) is 0.624. The van der Waals surface area contributed by atoms with Crippen LogP contribution in [0.15, 0.2) is 18.2 Å². The third-order valence-corrected chi connectivity index (χ3v) is 4.09. The number of nitro groups is 1. The number of nitro benzene ring substituents is 1. The van der Waals surface area contributed by atoms with Crippen LogP contribution in [0.2, 0.25) is 0 Å². The molecule has 1 aliphatic heterocycles. The van der Waals surface area contributed by atoms with Crippen LogP contribution in [0.3, 0.4) is 0 Å². The number of piperidine rings is 1. The average molecular weight is 334 g/mol. The number of non-ortho nitro benzene ring substituents is 1. The third kappa shape index (κ3) is 4.01. The van der Waals surface area contributed by atoms with Crippen molar-refractivity contribution in [3.63, 3.8) is 0 Å². The van der Waals surface area contributed by atoms with Crippen molar-refractivity contribution in [2.75, 3.05) is 18.0 Å². The van der Waals surface area contributed by atoms with Crippen LogP contribution in [0.1, 0.15) is 37.0 Å². The first kappa shape index (κ1) is 17.7. The van der Waals surface area contributed by atoms with Gasteiger partial charge in [0.05, 0.1) is 16.2 Å². The largest absolute Gasteiger partial charge is 0.369 e. The molecule has 1 fully saturated rings. The summed E-state index contributed by atoms with van der Waals surface area (Å²) in [6, 6.07) is 4.08. The standard InChI is InChI=1S/C16H22N4O4/c1-10(2)16(22)18-11-4-3-7-19(9-11)14-6-5-12(20(23)24)8-13(14)15(17)21/h5-6,8,10-11H,3-4,7,9H2,1-2H3,(H2,17,21)(H,18,22). The van der Waals surface area contributed by atoms with Crippen molar-refractivity contribution in [3.8, 4) is 0 Å². The highest BCUT2D eigenvalue weighted by Gasteiger charge is 2.26. The van der Waals surface area contributed by atoms with Gasteiger partial charge in [-0.2, -0.15) is 0 Å². The molecule has 2 rings (SSSR count). The molecule has 24 heavy (non-hydrogen) atoms. The van der Waals surface area contributed by atoms with Crippen LogP contribution >= 0.6 is 0 Å². The van der Waals surface area contributed by atoms with Crippen LogP contribution in [-0.4, -0.2) is 35.9 Å². The van der Waals surface area contributed by atoms with E-state index < -0.39 is 10.8 Å². The van der Waals surface area contributed by atoms with Gasteiger partial charge < -0.3 is 16.0 Å². The van der Waals surface area contributed by atoms with E-state index in [1.54, 1.807) is 6.07 Å². The van der Waals surface area contributed by atoms with Crippen LogP contribution in [0.4, 0.5) is 11.4 Å². The highest BCUT2D eigenvalue weighted by Crippen LogP contribution is 2.27. The SMILES string of the molecule is CC(C)C(=O)NC1CCCN(c2ccc([N+](=O)[O-])cc2C(N)=O)C1. The number of hydrogen-bond acceptors (Lipinski definition) is 5. The minimum atomic E-state index is -0.706. The van der Waals surface area contributed by atoms with Crippen LogP contribution in [0.25, 0.3) is 0 Å². The molecule has 0 radical (unpaired) electrons. The predicted octanol–water partition coefficient (Wildman–Crippen LogP) is 1.43. The molecule has 0 saturated carbocycles. The van der Waals surface area contributed by atoms with Crippen LogP contribution in [0, 0.1) is 16.0 Å². The number of amides is 2. The lowest BCUT2D eigenvalue weighted by molar-refractivity contribution is -0.384. The minimum absolute atomic E-state index is 0.0133. The van der Waals surface area contributed by atoms with Crippen molar-refractivity contribution >= 4 is 23.2 Å². The second-order valence-electron chi connectivity index (χ2n) is 6.27. The molecule has 0 spiro atoms. The van der Waals surface area contributed by atoms with E-state index >= 15 is 0 Å². The number of nitrogens with two attached hydrogens (primary N) is 1. The Morgan fingerprint density at radius 3 is 2.71 bits per heavy atom. The van der Waals surface area contributed by atoms with Crippen molar-refractivity contribution in [3.05, 3.63) is 33.9 Å². The summed E-state index contributed by atoms with van der Waals surface area (Å²) >= 11 is 0. The second-order valence-corrected chi connectivity index (χ2v) is 6.27. The monoisotopic (exact) mass is 334 g/mol. The number of nitrogens with one attached hydrogen (secondary N) is 1. The first-order valence-corrected chi connectivity index (χ1v) is 7.93. The summed E-state index contributed by atoms with van der Waals surface area (Å²) in [4.78, 5) is 35.8. The zero-order valence-corrected chi connectivity index (χ0v) is 13.8. The molecule has 1 aromatic carbocycles.